The predicted octanol–water partition coefficient (Wildman–Crippen LogP) is 0.766. The van der Waals surface area contributed by atoms with Crippen molar-refractivity contribution in [2.45, 2.75) is 37.8 Å². The Hall–Kier alpha value is -1.30. The Balaban J connectivity index is 1.93. The Morgan fingerprint density at radius 1 is 1.17 bits per heavy atom. The Kier molecular flexibility index (Phi) is 4.06. The summed E-state index contributed by atoms with van der Waals surface area (Å²) in [5, 5.41) is 9.08. The molecule has 2 heterocycles. The van der Waals surface area contributed by atoms with Crippen LogP contribution in [0.15, 0.2) is 0 Å². The molecule has 6 heteroatoms. The molecule has 0 radical (unpaired) electrons. The number of nitrogens with zero attached hydrogens (tertiary/aromatic N) is 2. The number of carboxylic acid groups (broad SMARTS) is 1. The van der Waals surface area contributed by atoms with Gasteiger partial charge in [-0.2, -0.15) is 0 Å². The lowest BCUT2D eigenvalue weighted by Gasteiger charge is -2.35. The average Bonchev–Trinajstić information content (AvgIpc) is 2.87. The number of carbonyl (C=O) groups excluding carboxylic acids is 1. The van der Waals surface area contributed by atoms with E-state index in [1.165, 1.54) is 4.90 Å². The predicted molar refractivity (Wildman–Crippen MR) is 64.4 cm³/mol. The highest BCUT2D eigenvalue weighted by atomic mass is 16.5. The maximum atomic E-state index is 12.3. The van der Waals surface area contributed by atoms with Gasteiger partial charge in [0.15, 0.2) is 0 Å². The molecule has 0 aromatic heterocycles. The fourth-order valence-electron chi connectivity index (χ4n) is 2.72. The van der Waals surface area contributed by atoms with Crippen molar-refractivity contribution in [1.29, 1.82) is 0 Å². The minimum absolute atomic E-state index is 0.130. The summed E-state index contributed by atoms with van der Waals surface area (Å²) in [4.78, 5) is 26.6. The van der Waals surface area contributed by atoms with Crippen molar-refractivity contribution in [3.05, 3.63) is 0 Å². The number of aliphatic carboxylic acids is 1. The number of hydrogen-bond acceptors (Lipinski definition) is 3. The van der Waals surface area contributed by atoms with E-state index in [0.29, 0.717) is 26.1 Å². The van der Waals surface area contributed by atoms with Crippen LogP contribution in [0, 0.1) is 0 Å². The summed E-state index contributed by atoms with van der Waals surface area (Å²) in [5.41, 5.74) is 0. The zero-order chi connectivity index (χ0) is 13.1. The molecule has 2 saturated heterocycles. The fraction of sp³-hybridized carbons (Fsp3) is 0.833. The standard InChI is InChI=1S/C12H20N2O4/c1-18-9-4-7-13(8-5-9)12(17)14-6-2-3-10(14)11(15)16/h9-10H,2-8H2,1H3,(H,15,16). The van der Waals surface area contributed by atoms with E-state index in [4.69, 9.17) is 9.84 Å². The molecule has 2 aliphatic heterocycles. The van der Waals surface area contributed by atoms with E-state index < -0.39 is 12.0 Å². The van der Waals surface area contributed by atoms with Crippen LogP contribution in [0.1, 0.15) is 25.7 Å². The van der Waals surface area contributed by atoms with Crippen molar-refractivity contribution in [3.8, 4) is 0 Å². The Bertz CT molecular complexity index is 326. The first-order valence-electron chi connectivity index (χ1n) is 6.44. The van der Waals surface area contributed by atoms with Crippen LogP contribution < -0.4 is 0 Å². The van der Waals surface area contributed by atoms with Gasteiger partial charge in [0, 0.05) is 26.7 Å². The molecular formula is C12H20N2O4. The van der Waals surface area contributed by atoms with E-state index in [2.05, 4.69) is 0 Å². The number of carboxylic acids is 1. The Morgan fingerprint density at radius 2 is 1.83 bits per heavy atom. The third-order valence-corrected chi connectivity index (χ3v) is 3.83. The molecule has 2 fully saturated rings. The first-order valence-corrected chi connectivity index (χ1v) is 6.44. The second-order valence-electron chi connectivity index (χ2n) is 4.89. The molecule has 0 aromatic rings. The number of ether oxygens (including phenoxy) is 1. The topological polar surface area (TPSA) is 70.1 Å². The van der Waals surface area contributed by atoms with Crippen molar-refractivity contribution in [2.75, 3.05) is 26.7 Å². The fourth-order valence-corrected chi connectivity index (χ4v) is 2.72. The summed E-state index contributed by atoms with van der Waals surface area (Å²) >= 11 is 0. The van der Waals surface area contributed by atoms with Gasteiger partial charge in [0.1, 0.15) is 6.04 Å². The molecule has 0 saturated carbocycles. The van der Waals surface area contributed by atoms with Crippen LogP contribution in [0.25, 0.3) is 0 Å². The van der Waals surface area contributed by atoms with Gasteiger partial charge in [-0.15, -0.1) is 0 Å². The maximum Gasteiger partial charge on any atom is 0.326 e. The maximum absolute atomic E-state index is 12.3. The Morgan fingerprint density at radius 3 is 2.39 bits per heavy atom. The summed E-state index contributed by atoms with van der Waals surface area (Å²) < 4.78 is 5.26. The molecular weight excluding hydrogens is 236 g/mol. The van der Waals surface area contributed by atoms with E-state index in [0.717, 1.165) is 19.3 Å². The van der Waals surface area contributed by atoms with E-state index in [9.17, 15) is 9.59 Å². The van der Waals surface area contributed by atoms with Crippen LogP contribution >= 0.6 is 0 Å². The molecule has 102 valence electrons. The van der Waals surface area contributed by atoms with E-state index in [1.54, 1.807) is 12.0 Å². The number of hydrogen-bond donors (Lipinski definition) is 1. The summed E-state index contributed by atoms with van der Waals surface area (Å²) in [5.74, 6) is -0.896. The first-order chi connectivity index (χ1) is 8.63. The first kappa shape index (κ1) is 13.1. The number of amides is 2. The van der Waals surface area contributed by atoms with Gasteiger partial charge >= 0.3 is 12.0 Å². The average molecular weight is 256 g/mol. The molecule has 1 unspecified atom stereocenters. The molecule has 0 aliphatic carbocycles. The number of likely N-dealkylation sites (tertiary alicyclic amines) is 2. The molecule has 0 spiro atoms. The third kappa shape index (κ3) is 2.58. The van der Waals surface area contributed by atoms with Gasteiger partial charge in [0.2, 0.25) is 0 Å². The van der Waals surface area contributed by atoms with Crippen molar-refractivity contribution < 1.29 is 19.4 Å². The van der Waals surface area contributed by atoms with Crippen LogP contribution in [0.3, 0.4) is 0 Å². The molecule has 2 amide bonds. The minimum atomic E-state index is -0.896. The van der Waals surface area contributed by atoms with E-state index in [-0.39, 0.29) is 12.1 Å². The highest BCUT2D eigenvalue weighted by Crippen LogP contribution is 2.21. The van der Waals surface area contributed by atoms with Gasteiger partial charge in [-0.3, -0.25) is 0 Å². The van der Waals surface area contributed by atoms with Gasteiger partial charge in [-0.1, -0.05) is 0 Å². The van der Waals surface area contributed by atoms with Gasteiger partial charge in [0.05, 0.1) is 6.10 Å². The van der Waals surface area contributed by atoms with Crippen molar-refractivity contribution in [2.24, 2.45) is 0 Å². The van der Waals surface area contributed by atoms with Crippen molar-refractivity contribution >= 4 is 12.0 Å². The molecule has 0 aromatic carbocycles. The summed E-state index contributed by atoms with van der Waals surface area (Å²) in [7, 11) is 1.68. The lowest BCUT2D eigenvalue weighted by atomic mass is 10.1. The molecule has 1 atom stereocenters. The number of urea groups is 1. The summed E-state index contributed by atoms with van der Waals surface area (Å²) in [6.07, 6.45) is 3.22. The van der Waals surface area contributed by atoms with E-state index >= 15 is 0 Å². The number of carbonyl (C=O) groups is 2. The van der Waals surface area contributed by atoms with Crippen molar-refractivity contribution in [3.63, 3.8) is 0 Å². The van der Waals surface area contributed by atoms with Crippen molar-refractivity contribution in [1.82, 2.24) is 9.80 Å². The quantitative estimate of drug-likeness (QED) is 0.792. The van der Waals surface area contributed by atoms with Crippen LogP contribution in [-0.4, -0.2) is 65.8 Å². The number of methoxy groups -OCH3 is 1. The lowest BCUT2D eigenvalue weighted by Crippen LogP contribution is -2.50. The van der Waals surface area contributed by atoms with E-state index in [1.807, 2.05) is 0 Å². The minimum Gasteiger partial charge on any atom is -0.480 e. The zero-order valence-corrected chi connectivity index (χ0v) is 10.7. The lowest BCUT2D eigenvalue weighted by molar-refractivity contribution is -0.141. The number of rotatable bonds is 2. The normalized spacial score (nSPS) is 25.5. The molecule has 1 N–H and O–H groups in total. The SMILES string of the molecule is COC1CCN(C(=O)N2CCCC2C(=O)O)CC1. The van der Waals surface area contributed by atoms with Gasteiger partial charge in [-0.25, -0.2) is 9.59 Å². The molecule has 2 rings (SSSR count). The molecule has 2 aliphatic rings. The monoisotopic (exact) mass is 256 g/mol. The van der Waals surface area contributed by atoms with Crippen LogP contribution in [0.2, 0.25) is 0 Å². The number of piperidine rings is 1. The van der Waals surface area contributed by atoms with Gasteiger partial charge in [-0.05, 0) is 25.7 Å². The molecule has 18 heavy (non-hydrogen) atoms. The Labute approximate surface area is 106 Å². The highest BCUT2D eigenvalue weighted by molar-refractivity contribution is 5.83. The summed E-state index contributed by atoms with van der Waals surface area (Å²) in [6, 6.07) is -0.771. The largest absolute Gasteiger partial charge is 0.480 e. The van der Waals surface area contributed by atoms with Gasteiger partial charge in [0.25, 0.3) is 0 Å². The van der Waals surface area contributed by atoms with Crippen LogP contribution in [-0.2, 0) is 9.53 Å². The molecule has 0 bridgehead atoms. The summed E-state index contributed by atoms with van der Waals surface area (Å²) in [6.45, 7) is 1.86. The highest BCUT2D eigenvalue weighted by Gasteiger charge is 2.37. The van der Waals surface area contributed by atoms with Crippen LogP contribution in [0.4, 0.5) is 4.79 Å². The molecule has 6 nitrogen and oxygen atoms in total. The van der Waals surface area contributed by atoms with Crippen LogP contribution in [0.5, 0.6) is 0 Å². The second-order valence-corrected chi connectivity index (χ2v) is 4.89. The third-order valence-electron chi connectivity index (χ3n) is 3.83. The zero-order valence-electron chi connectivity index (χ0n) is 10.7. The van der Waals surface area contributed by atoms with Gasteiger partial charge < -0.3 is 19.6 Å². The second kappa shape index (κ2) is 5.56. The smallest absolute Gasteiger partial charge is 0.326 e.